The van der Waals surface area contributed by atoms with E-state index in [0.717, 1.165) is 11.2 Å². The van der Waals surface area contributed by atoms with Crippen molar-refractivity contribution in [2.75, 3.05) is 6.61 Å². The summed E-state index contributed by atoms with van der Waals surface area (Å²) >= 11 is 0. The summed E-state index contributed by atoms with van der Waals surface area (Å²) < 4.78 is 296. The quantitative estimate of drug-likeness (QED) is 0.0550. The fourth-order valence-electron chi connectivity index (χ4n) is 6.46. The number of aromatic nitrogens is 1. The van der Waals surface area contributed by atoms with Gasteiger partial charge in [-0.3, -0.25) is 4.84 Å². The zero-order valence-corrected chi connectivity index (χ0v) is 28.7. The van der Waals surface area contributed by atoms with Crippen molar-refractivity contribution in [1.82, 2.24) is 0 Å². The molecule has 0 unspecified atom stereocenters. The van der Waals surface area contributed by atoms with Crippen LogP contribution in [0.3, 0.4) is 0 Å². The van der Waals surface area contributed by atoms with Crippen LogP contribution >= 0.6 is 0 Å². The molecule has 0 aliphatic carbocycles. The van der Waals surface area contributed by atoms with Gasteiger partial charge in [0.2, 0.25) is 5.69 Å². The van der Waals surface area contributed by atoms with Gasteiger partial charge in [-0.1, -0.05) is 12.1 Å². The van der Waals surface area contributed by atoms with E-state index in [4.69, 9.17) is 4.84 Å². The summed E-state index contributed by atoms with van der Waals surface area (Å²) in [5.41, 5.74) is -12.1. The van der Waals surface area contributed by atoms with Gasteiger partial charge in [-0.05, 0) is 19.1 Å². The molecule has 0 aliphatic rings. The SMILES string of the molecule is CCO[n+]1c(C)ccc2ccccc21.Fc1c(F)c(F)c([B-](c2c(F)c(F)c(F)c(F)c2F)(c2c(F)c(F)c(F)c(F)c2F)c2c(F)c(F)c(F)c(F)c2F)c(F)c1F. The highest BCUT2D eigenvalue weighted by atomic mass is 19.2. The topological polar surface area (TPSA) is 13.1 Å². The van der Waals surface area contributed by atoms with Gasteiger partial charge in [-0.25, -0.2) is 87.8 Å². The van der Waals surface area contributed by atoms with Gasteiger partial charge in [0, 0.05) is 23.8 Å². The number of aryl methyl sites for hydroxylation is 1. The second-order valence-electron chi connectivity index (χ2n) is 12.0. The first-order valence-corrected chi connectivity index (χ1v) is 15.8. The Hall–Kier alpha value is -6.03. The molecular weight excluding hydrogens is 853 g/mol. The summed E-state index contributed by atoms with van der Waals surface area (Å²) in [5.74, 6) is -71.4. The van der Waals surface area contributed by atoms with E-state index >= 15 is 35.1 Å². The highest BCUT2D eigenvalue weighted by Crippen LogP contribution is 2.30. The zero-order valence-electron chi connectivity index (χ0n) is 28.7. The van der Waals surface area contributed by atoms with Crippen molar-refractivity contribution >= 4 is 38.9 Å². The largest absolute Gasteiger partial charge is 0.271 e. The first-order valence-electron chi connectivity index (χ1n) is 15.8. The number of para-hydroxylation sites is 1. The molecule has 23 heteroatoms. The lowest BCUT2D eigenvalue weighted by Gasteiger charge is -2.44. The summed E-state index contributed by atoms with van der Waals surface area (Å²) in [7, 11) is 0. The summed E-state index contributed by atoms with van der Waals surface area (Å²) in [6, 6.07) is 12.4. The second-order valence-corrected chi connectivity index (χ2v) is 12.0. The Labute approximate surface area is 315 Å². The Bertz CT molecular complexity index is 2320. The van der Waals surface area contributed by atoms with Gasteiger partial charge < -0.3 is 0 Å². The Morgan fingerprint density at radius 3 is 0.898 bits per heavy atom. The molecule has 0 spiro atoms. The van der Waals surface area contributed by atoms with E-state index < -0.39 is 144 Å². The van der Waals surface area contributed by atoms with Crippen LogP contribution in [0.4, 0.5) is 87.8 Å². The van der Waals surface area contributed by atoms with Gasteiger partial charge in [-0.2, -0.15) is 0 Å². The molecule has 0 aliphatic heterocycles. The van der Waals surface area contributed by atoms with Crippen LogP contribution in [0, 0.1) is 123 Å². The Morgan fingerprint density at radius 2 is 0.627 bits per heavy atom. The maximum Gasteiger partial charge on any atom is 0.264 e. The monoisotopic (exact) mass is 867 g/mol. The number of hydrogen-bond donors (Lipinski definition) is 0. The number of nitrogens with zero attached hydrogens (tertiary/aromatic N) is 1. The van der Waals surface area contributed by atoms with Crippen LogP contribution < -0.4 is 31.4 Å². The molecule has 0 saturated carbocycles. The molecule has 0 amide bonds. The van der Waals surface area contributed by atoms with E-state index in [1.165, 1.54) is 5.39 Å². The maximum absolute atomic E-state index is 15.4. The van der Waals surface area contributed by atoms with Crippen molar-refractivity contribution in [1.29, 1.82) is 0 Å². The van der Waals surface area contributed by atoms with E-state index in [1.807, 2.05) is 30.7 Å². The van der Waals surface area contributed by atoms with E-state index in [9.17, 15) is 52.7 Å². The average Bonchev–Trinajstić information content (AvgIpc) is 3.22. The van der Waals surface area contributed by atoms with Crippen LogP contribution in [0.25, 0.3) is 10.9 Å². The van der Waals surface area contributed by atoms with Crippen LogP contribution in [0.15, 0.2) is 36.4 Å². The lowest BCUT2D eigenvalue weighted by molar-refractivity contribution is -0.874. The highest BCUT2D eigenvalue weighted by Gasteiger charge is 2.52. The van der Waals surface area contributed by atoms with Crippen LogP contribution in [0.1, 0.15) is 12.6 Å². The Balaban J connectivity index is 0.000000395. The van der Waals surface area contributed by atoms with Gasteiger partial charge in [0.1, 0.15) is 52.7 Å². The molecule has 6 rings (SSSR count). The number of fused-ring (bicyclic) bond motifs is 1. The van der Waals surface area contributed by atoms with Gasteiger partial charge in [0.25, 0.3) is 5.52 Å². The molecule has 2 nitrogen and oxygen atoms in total. The number of rotatable bonds is 6. The first kappa shape index (κ1) is 44.1. The maximum atomic E-state index is 15.4. The molecule has 0 fully saturated rings. The summed E-state index contributed by atoms with van der Waals surface area (Å²) in [5, 5.41) is 1.20. The van der Waals surface area contributed by atoms with Crippen LogP contribution in [-0.2, 0) is 0 Å². The second kappa shape index (κ2) is 16.0. The fraction of sp³-hybridized carbons (Fsp3) is 0.0833. The molecule has 0 atom stereocenters. The third kappa shape index (κ3) is 6.53. The van der Waals surface area contributed by atoms with Crippen LogP contribution in [0.2, 0.25) is 0 Å². The number of halogens is 20. The Kier molecular flexibility index (Phi) is 11.9. The highest BCUT2D eigenvalue weighted by molar-refractivity contribution is 7.20. The van der Waals surface area contributed by atoms with Gasteiger partial charge in [-0.15, -0.1) is 21.9 Å². The summed E-state index contributed by atoms with van der Waals surface area (Å²) in [4.78, 5) is 5.57. The smallest absolute Gasteiger partial charge is 0.264 e. The fourth-order valence-corrected chi connectivity index (χ4v) is 6.46. The van der Waals surface area contributed by atoms with Crippen molar-refractivity contribution in [3.05, 3.63) is 158 Å². The van der Waals surface area contributed by atoms with Crippen molar-refractivity contribution in [3.63, 3.8) is 0 Å². The molecule has 0 N–H and O–H groups in total. The third-order valence-electron chi connectivity index (χ3n) is 8.95. The molecule has 59 heavy (non-hydrogen) atoms. The number of benzene rings is 5. The average molecular weight is 867 g/mol. The lowest BCUT2D eigenvalue weighted by Crippen LogP contribution is -2.81. The molecule has 0 radical (unpaired) electrons. The molecule has 5 aromatic carbocycles. The molecule has 312 valence electrons. The first-order chi connectivity index (χ1) is 27.5. The van der Waals surface area contributed by atoms with Gasteiger partial charge in [0.05, 0.1) is 5.39 Å². The summed E-state index contributed by atoms with van der Waals surface area (Å²) in [6.07, 6.45) is -7.22. The van der Waals surface area contributed by atoms with Crippen molar-refractivity contribution in [2.24, 2.45) is 0 Å². The van der Waals surface area contributed by atoms with Crippen molar-refractivity contribution in [2.45, 2.75) is 13.8 Å². The van der Waals surface area contributed by atoms with Gasteiger partial charge >= 0.3 is 0 Å². The van der Waals surface area contributed by atoms with E-state index in [0.29, 0.717) is 6.61 Å². The molecule has 6 aromatic rings. The minimum Gasteiger partial charge on any atom is -0.271 e. The standard InChI is InChI=1S/C24BF20.C12H14NO/c26-5-1(6(27)14(35)21(42)13(5)34)25(2-7(28)15(36)22(43)16(37)8(2)29,3-9(30)17(38)23(44)18(39)10(3)31)4-11(32)19(40)24(45)20(41)12(4)33;1-3-14-13-10(2)8-9-11-6-4-5-7-12(11)13/h;4-9H,3H2,1-2H3/q-1;+1. The predicted molar refractivity (Wildman–Crippen MR) is 165 cm³/mol. The predicted octanol–water partition coefficient (Wildman–Crippen LogP) is 7.73. The number of pyridine rings is 1. The molecule has 1 heterocycles. The third-order valence-corrected chi connectivity index (χ3v) is 8.95. The number of hydrogen-bond acceptors (Lipinski definition) is 1. The molecular formula is C36H14BF20NO. The Morgan fingerprint density at radius 1 is 0.373 bits per heavy atom. The minimum absolute atomic E-state index is 0.680. The van der Waals surface area contributed by atoms with E-state index in [-0.39, 0.29) is 0 Å². The lowest BCUT2D eigenvalue weighted by atomic mass is 9.12. The van der Waals surface area contributed by atoms with Crippen LogP contribution in [-0.4, -0.2) is 12.8 Å². The molecule has 0 bridgehead atoms. The van der Waals surface area contributed by atoms with Crippen LogP contribution in [0.5, 0.6) is 0 Å². The molecule has 1 aromatic heterocycles. The summed E-state index contributed by atoms with van der Waals surface area (Å²) in [6.45, 7) is 4.72. The van der Waals surface area contributed by atoms with E-state index in [1.54, 1.807) is 0 Å². The van der Waals surface area contributed by atoms with Gasteiger partial charge in [0.15, 0.2) is 76.4 Å². The van der Waals surface area contributed by atoms with E-state index in [2.05, 4.69) is 24.3 Å². The van der Waals surface area contributed by atoms with Crippen molar-refractivity contribution in [3.8, 4) is 0 Å². The minimum atomic E-state index is -7.22. The normalized spacial score (nSPS) is 11.6. The van der Waals surface area contributed by atoms with Crippen molar-refractivity contribution < 1.29 is 97.4 Å². The molecule has 0 saturated heterocycles. The zero-order chi connectivity index (χ0) is 44.3.